The maximum Gasteiger partial charge on any atom is 0.269 e. The van der Waals surface area contributed by atoms with Crippen LogP contribution in [0.4, 0.5) is 5.69 Å². The Bertz CT molecular complexity index is 506. The van der Waals surface area contributed by atoms with Gasteiger partial charge in [-0.15, -0.1) is 0 Å². The second-order valence-corrected chi connectivity index (χ2v) is 4.00. The number of rotatable bonds is 6. The van der Waals surface area contributed by atoms with Gasteiger partial charge in [0.05, 0.1) is 11.9 Å². The van der Waals surface area contributed by atoms with Crippen LogP contribution in [0, 0.1) is 0 Å². The first-order valence-electron chi connectivity index (χ1n) is 6.26. The number of carbonyl (C=O) groups excluding carboxylic acids is 1. The molecule has 0 radical (unpaired) electrons. The molecule has 2 rings (SSSR count). The lowest BCUT2D eigenvalue weighted by Crippen LogP contribution is -2.26. The summed E-state index contributed by atoms with van der Waals surface area (Å²) in [4.78, 5) is 23.0. The predicted octanol–water partition coefficient (Wildman–Crippen LogP) is 1.21. The summed E-state index contributed by atoms with van der Waals surface area (Å²) in [6.45, 7) is 3.37. The third-order valence-electron chi connectivity index (χ3n) is 2.58. The molecule has 0 aliphatic rings. The summed E-state index contributed by atoms with van der Waals surface area (Å²) in [6.07, 6.45) is 5.79. The first-order valence-corrected chi connectivity index (χ1v) is 6.26. The Morgan fingerprint density at radius 1 is 1.37 bits per heavy atom. The molecule has 1 amide bonds. The minimum atomic E-state index is -0.172. The molecule has 2 aromatic heterocycles. The molecule has 2 heterocycles. The van der Waals surface area contributed by atoms with Crippen LogP contribution in [0.15, 0.2) is 30.7 Å². The lowest BCUT2D eigenvalue weighted by molar-refractivity contribution is 0.0949. The Morgan fingerprint density at radius 3 is 2.89 bits per heavy atom. The first-order chi connectivity index (χ1) is 9.29. The molecule has 2 aromatic rings. The van der Waals surface area contributed by atoms with Crippen LogP contribution in [0.2, 0.25) is 0 Å². The SMILES string of the molecule is CCNc1ccc(C(=O)NCCc2ncc[nH]2)nc1. The molecule has 0 unspecified atom stereocenters. The number of nitrogens with zero attached hydrogens (tertiary/aromatic N) is 2. The van der Waals surface area contributed by atoms with Crippen molar-refractivity contribution in [3.8, 4) is 0 Å². The number of aromatic amines is 1. The van der Waals surface area contributed by atoms with Crippen LogP contribution in [-0.2, 0) is 6.42 Å². The van der Waals surface area contributed by atoms with Gasteiger partial charge in [0.2, 0.25) is 0 Å². The summed E-state index contributed by atoms with van der Waals surface area (Å²) in [6, 6.07) is 3.55. The van der Waals surface area contributed by atoms with Gasteiger partial charge in [0, 0.05) is 31.9 Å². The summed E-state index contributed by atoms with van der Waals surface area (Å²) in [5.41, 5.74) is 1.33. The molecule has 6 nitrogen and oxygen atoms in total. The number of carbonyl (C=O) groups is 1. The summed E-state index contributed by atoms with van der Waals surface area (Å²) < 4.78 is 0. The van der Waals surface area contributed by atoms with E-state index in [-0.39, 0.29) is 5.91 Å². The Kier molecular flexibility index (Phi) is 4.49. The number of anilines is 1. The summed E-state index contributed by atoms with van der Waals surface area (Å²) in [5, 5.41) is 5.94. The maximum absolute atomic E-state index is 11.8. The van der Waals surface area contributed by atoms with Gasteiger partial charge in [-0.25, -0.2) is 9.97 Å². The van der Waals surface area contributed by atoms with Crippen LogP contribution in [0.25, 0.3) is 0 Å². The number of pyridine rings is 1. The smallest absolute Gasteiger partial charge is 0.269 e. The fourth-order valence-corrected chi connectivity index (χ4v) is 1.66. The zero-order valence-corrected chi connectivity index (χ0v) is 10.8. The van der Waals surface area contributed by atoms with Crippen LogP contribution in [0.3, 0.4) is 0 Å². The van der Waals surface area contributed by atoms with Gasteiger partial charge in [0.25, 0.3) is 5.91 Å². The number of hydrogen-bond acceptors (Lipinski definition) is 4. The number of aromatic nitrogens is 3. The molecule has 19 heavy (non-hydrogen) atoms. The Labute approximate surface area is 111 Å². The van der Waals surface area contributed by atoms with Gasteiger partial charge in [-0.3, -0.25) is 4.79 Å². The van der Waals surface area contributed by atoms with E-state index in [0.717, 1.165) is 18.1 Å². The molecule has 0 bridgehead atoms. The molecule has 0 aromatic carbocycles. The third-order valence-corrected chi connectivity index (χ3v) is 2.58. The molecule has 0 atom stereocenters. The highest BCUT2D eigenvalue weighted by Gasteiger charge is 2.06. The van der Waals surface area contributed by atoms with Crippen LogP contribution in [0.1, 0.15) is 23.2 Å². The van der Waals surface area contributed by atoms with E-state index in [0.29, 0.717) is 18.7 Å². The number of hydrogen-bond donors (Lipinski definition) is 3. The highest BCUT2D eigenvalue weighted by molar-refractivity contribution is 5.92. The largest absolute Gasteiger partial charge is 0.384 e. The number of H-pyrrole nitrogens is 1. The average molecular weight is 259 g/mol. The van der Waals surface area contributed by atoms with Gasteiger partial charge in [-0.05, 0) is 19.1 Å². The fraction of sp³-hybridized carbons (Fsp3) is 0.308. The Morgan fingerprint density at radius 2 is 2.26 bits per heavy atom. The van der Waals surface area contributed by atoms with Crippen molar-refractivity contribution in [2.75, 3.05) is 18.4 Å². The second-order valence-electron chi connectivity index (χ2n) is 4.00. The first kappa shape index (κ1) is 13.1. The third kappa shape index (κ3) is 3.80. The lowest BCUT2D eigenvalue weighted by Gasteiger charge is -2.05. The minimum absolute atomic E-state index is 0.172. The summed E-state index contributed by atoms with van der Waals surface area (Å²) in [7, 11) is 0. The molecule has 3 N–H and O–H groups in total. The van der Waals surface area contributed by atoms with Crippen molar-refractivity contribution in [2.24, 2.45) is 0 Å². The van der Waals surface area contributed by atoms with Crippen molar-refractivity contribution in [3.05, 3.63) is 42.2 Å². The van der Waals surface area contributed by atoms with Crippen molar-refractivity contribution in [3.63, 3.8) is 0 Å². The van der Waals surface area contributed by atoms with Crippen LogP contribution in [0.5, 0.6) is 0 Å². The Balaban J connectivity index is 1.82. The quantitative estimate of drug-likeness (QED) is 0.728. The topological polar surface area (TPSA) is 82.7 Å². The molecule has 0 fully saturated rings. The van der Waals surface area contributed by atoms with E-state index in [1.165, 1.54) is 0 Å². The highest BCUT2D eigenvalue weighted by atomic mass is 16.1. The van der Waals surface area contributed by atoms with E-state index < -0.39 is 0 Å². The normalized spacial score (nSPS) is 10.2. The molecular weight excluding hydrogens is 242 g/mol. The van der Waals surface area contributed by atoms with Gasteiger partial charge >= 0.3 is 0 Å². The molecule has 6 heteroatoms. The molecule has 0 saturated carbocycles. The second kappa shape index (κ2) is 6.53. The monoisotopic (exact) mass is 259 g/mol. The number of nitrogens with one attached hydrogen (secondary N) is 3. The maximum atomic E-state index is 11.8. The fourth-order valence-electron chi connectivity index (χ4n) is 1.66. The van der Waals surface area contributed by atoms with E-state index in [4.69, 9.17) is 0 Å². The van der Waals surface area contributed by atoms with Crippen LogP contribution < -0.4 is 10.6 Å². The van der Waals surface area contributed by atoms with E-state index in [1.807, 2.05) is 13.0 Å². The van der Waals surface area contributed by atoms with E-state index in [9.17, 15) is 4.79 Å². The van der Waals surface area contributed by atoms with E-state index >= 15 is 0 Å². The van der Waals surface area contributed by atoms with Crippen molar-refractivity contribution in [1.29, 1.82) is 0 Å². The van der Waals surface area contributed by atoms with Crippen LogP contribution in [-0.4, -0.2) is 33.9 Å². The predicted molar refractivity (Wildman–Crippen MR) is 73.0 cm³/mol. The zero-order valence-electron chi connectivity index (χ0n) is 10.8. The molecule has 0 spiro atoms. The van der Waals surface area contributed by atoms with Gasteiger partial charge < -0.3 is 15.6 Å². The Hall–Kier alpha value is -2.37. The number of imidazole rings is 1. The van der Waals surface area contributed by atoms with Gasteiger partial charge in [-0.1, -0.05) is 0 Å². The van der Waals surface area contributed by atoms with Crippen molar-refractivity contribution in [2.45, 2.75) is 13.3 Å². The van der Waals surface area contributed by atoms with Crippen molar-refractivity contribution < 1.29 is 4.79 Å². The van der Waals surface area contributed by atoms with Crippen molar-refractivity contribution in [1.82, 2.24) is 20.3 Å². The molecular formula is C13H17N5O. The molecule has 0 aliphatic heterocycles. The highest BCUT2D eigenvalue weighted by Crippen LogP contribution is 2.05. The van der Waals surface area contributed by atoms with Gasteiger partial charge in [-0.2, -0.15) is 0 Å². The van der Waals surface area contributed by atoms with Gasteiger partial charge in [0.15, 0.2) is 0 Å². The number of amides is 1. The zero-order chi connectivity index (χ0) is 13.5. The summed E-state index contributed by atoms with van der Waals surface area (Å²) in [5.74, 6) is 0.686. The minimum Gasteiger partial charge on any atom is -0.384 e. The average Bonchev–Trinajstić information content (AvgIpc) is 2.93. The molecule has 0 saturated heterocycles. The molecule has 100 valence electrons. The lowest BCUT2D eigenvalue weighted by atomic mass is 10.3. The standard InChI is InChI=1S/C13H17N5O/c1-2-14-10-3-4-11(18-9-10)13(19)17-6-5-12-15-7-8-16-12/h3-4,7-9,14H,2,5-6H2,1H3,(H,15,16)(H,17,19). The van der Waals surface area contributed by atoms with E-state index in [1.54, 1.807) is 24.7 Å². The van der Waals surface area contributed by atoms with Gasteiger partial charge in [0.1, 0.15) is 11.5 Å². The van der Waals surface area contributed by atoms with E-state index in [2.05, 4.69) is 25.6 Å². The van der Waals surface area contributed by atoms with Crippen molar-refractivity contribution >= 4 is 11.6 Å². The molecule has 0 aliphatic carbocycles. The summed E-state index contributed by atoms with van der Waals surface area (Å²) >= 11 is 0. The van der Waals surface area contributed by atoms with Crippen LogP contribution >= 0.6 is 0 Å².